The number of carbonyl (C=O) groups is 2. The molecule has 2 amide bonds. The first-order chi connectivity index (χ1) is 13.6. The number of anilines is 1. The second-order valence-electron chi connectivity index (χ2n) is 6.64. The average Bonchev–Trinajstić information content (AvgIpc) is 2.70. The lowest BCUT2D eigenvalue weighted by Crippen LogP contribution is -2.25. The molecule has 0 radical (unpaired) electrons. The molecule has 0 spiro atoms. The molecule has 0 unspecified atom stereocenters. The largest absolute Gasteiger partial charge is 0.482 e. The van der Waals surface area contributed by atoms with Gasteiger partial charge in [-0.3, -0.25) is 9.59 Å². The molecule has 0 atom stereocenters. The van der Waals surface area contributed by atoms with Crippen molar-refractivity contribution in [2.45, 2.75) is 13.5 Å². The molecule has 0 saturated heterocycles. The summed E-state index contributed by atoms with van der Waals surface area (Å²) in [4.78, 5) is 28.3. The van der Waals surface area contributed by atoms with E-state index in [0.29, 0.717) is 29.0 Å². The number of rotatable bonds is 3. The molecule has 0 bridgehead atoms. The highest BCUT2D eigenvalue weighted by Crippen LogP contribution is 2.28. The summed E-state index contributed by atoms with van der Waals surface area (Å²) < 4.78 is 7.31. The number of carbonyl (C=O) groups excluding carboxylic acids is 2. The lowest BCUT2D eigenvalue weighted by Gasteiger charge is -2.17. The van der Waals surface area contributed by atoms with Crippen molar-refractivity contribution in [1.29, 1.82) is 0 Å². The van der Waals surface area contributed by atoms with Gasteiger partial charge in [0, 0.05) is 18.3 Å². The molecular weight excluding hydrogens is 354 g/mol. The lowest BCUT2D eigenvalue weighted by molar-refractivity contribution is -0.118. The van der Waals surface area contributed by atoms with Crippen LogP contribution in [0.1, 0.15) is 21.5 Å². The number of nitrogens with one attached hydrogen (secondary N) is 1. The summed E-state index contributed by atoms with van der Waals surface area (Å²) in [5, 5.41) is 2.71. The Hall–Kier alpha value is -3.67. The number of benzene rings is 2. The number of nitrogens with zero attached hydrogens (tertiary/aromatic N) is 2. The minimum Gasteiger partial charge on any atom is -0.482 e. The molecule has 6 nitrogen and oxygen atoms in total. The van der Waals surface area contributed by atoms with Gasteiger partial charge in [-0.05, 0) is 42.8 Å². The number of hydrogen-bond acceptors (Lipinski definition) is 3. The zero-order valence-electron chi connectivity index (χ0n) is 15.4. The summed E-state index contributed by atoms with van der Waals surface area (Å²) >= 11 is 0. The van der Waals surface area contributed by atoms with Crippen LogP contribution in [0.4, 0.5) is 5.69 Å². The zero-order chi connectivity index (χ0) is 19.5. The third-order valence-electron chi connectivity index (χ3n) is 4.47. The predicted octanol–water partition coefficient (Wildman–Crippen LogP) is 2.92. The molecule has 6 heteroatoms. The quantitative estimate of drug-likeness (QED) is 0.767. The van der Waals surface area contributed by atoms with Crippen molar-refractivity contribution in [2.24, 2.45) is 4.99 Å². The summed E-state index contributed by atoms with van der Waals surface area (Å²) in [5.41, 5.74) is 3.86. The molecule has 1 aromatic heterocycles. The molecule has 1 aliphatic heterocycles. The van der Waals surface area contributed by atoms with Gasteiger partial charge in [-0.25, -0.2) is 0 Å². The maximum atomic E-state index is 12.7. The van der Waals surface area contributed by atoms with E-state index in [2.05, 4.69) is 34.6 Å². The number of aryl methyl sites for hydroxylation is 1. The van der Waals surface area contributed by atoms with E-state index in [1.54, 1.807) is 24.3 Å². The van der Waals surface area contributed by atoms with Crippen molar-refractivity contribution < 1.29 is 14.3 Å². The fourth-order valence-electron chi connectivity index (χ4n) is 2.97. The second kappa shape index (κ2) is 7.52. The fourth-order valence-corrected chi connectivity index (χ4v) is 2.97. The van der Waals surface area contributed by atoms with E-state index in [1.807, 2.05) is 29.8 Å². The number of fused-ring (bicyclic) bond motifs is 1. The molecule has 28 heavy (non-hydrogen) atoms. The van der Waals surface area contributed by atoms with Crippen LogP contribution in [0, 0.1) is 6.92 Å². The second-order valence-corrected chi connectivity index (χ2v) is 6.64. The van der Waals surface area contributed by atoms with Crippen LogP contribution in [0.5, 0.6) is 5.75 Å². The Morgan fingerprint density at radius 3 is 2.79 bits per heavy atom. The van der Waals surface area contributed by atoms with Gasteiger partial charge in [0.25, 0.3) is 11.8 Å². The molecule has 4 rings (SSSR count). The number of amides is 2. The molecule has 0 fully saturated rings. The van der Waals surface area contributed by atoms with Crippen LogP contribution >= 0.6 is 0 Å². The van der Waals surface area contributed by atoms with Crippen LogP contribution in [0.25, 0.3) is 0 Å². The van der Waals surface area contributed by atoms with Crippen LogP contribution < -0.4 is 15.5 Å². The number of pyridine rings is 1. The standard InChI is InChI=1S/C22H19N3O3/c1-15-5-7-16(8-6-15)13-25-11-3-2-4-20(25)24-22(27)17-9-10-18-19(12-17)28-14-21(26)23-18/h2-12H,13-14H2,1H3,(H,23,26). The van der Waals surface area contributed by atoms with E-state index in [4.69, 9.17) is 4.74 Å². The molecule has 2 heterocycles. The van der Waals surface area contributed by atoms with Crippen molar-refractivity contribution in [1.82, 2.24) is 4.57 Å². The van der Waals surface area contributed by atoms with Gasteiger partial charge in [0.15, 0.2) is 6.61 Å². The van der Waals surface area contributed by atoms with E-state index in [-0.39, 0.29) is 18.4 Å². The van der Waals surface area contributed by atoms with E-state index in [9.17, 15) is 9.59 Å². The number of ether oxygens (including phenoxy) is 1. The van der Waals surface area contributed by atoms with Crippen molar-refractivity contribution >= 4 is 17.5 Å². The summed E-state index contributed by atoms with van der Waals surface area (Å²) in [5.74, 6) is -0.105. The zero-order valence-corrected chi connectivity index (χ0v) is 15.4. The highest BCUT2D eigenvalue weighted by Gasteiger charge is 2.17. The van der Waals surface area contributed by atoms with Crippen LogP contribution in [-0.2, 0) is 11.3 Å². The highest BCUT2D eigenvalue weighted by atomic mass is 16.5. The Bertz CT molecular complexity index is 1110. The molecule has 140 valence electrons. The number of aromatic nitrogens is 1. The fraction of sp³-hybridized carbons (Fsp3) is 0.136. The molecule has 0 saturated carbocycles. The SMILES string of the molecule is Cc1ccc(Cn2ccccc2=NC(=O)c2ccc3c(c2)OCC(=O)N3)cc1. The molecule has 2 aromatic carbocycles. The minimum atomic E-state index is -0.368. The van der Waals surface area contributed by atoms with Gasteiger partial charge in [0.05, 0.1) is 5.69 Å². The Kier molecular flexibility index (Phi) is 4.76. The summed E-state index contributed by atoms with van der Waals surface area (Å²) in [7, 11) is 0. The third-order valence-corrected chi connectivity index (χ3v) is 4.47. The maximum absolute atomic E-state index is 12.7. The first kappa shape index (κ1) is 17.7. The van der Waals surface area contributed by atoms with Crippen LogP contribution in [-0.4, -0.2) is 23.0 Å². The van der Waals surface area contributed by atoms with E-state index in [0.717, 1.165) is 5.56 Å². The van der Waals surface area contributed by atoms with Gasteiger partial charge in [0.2, 0.25) is 0 Å². The Balaban J connectivity index is 1.63. The van der Waals surface area contributed by atoms with Gasteiger partial charge in [-0.15, -0.1) is 0 Å². The van der Waals surface area contributed by atoms with Crippen molar-refractivity contribution in [3.63, 3.8) is 0 Å². The van der Waals surface area contributed by atoms with E-state index in [1.165, 1.54) is 5.56 Å². The minimum absolute atomic E-state index is 0.0585. The van der Waals surface area contributed by atoms with Crippen LogP contribution in [0.15, 0.2) is 71.9 Å². The topological polar surface area (TPSA) is 72.7 Å². The third kappa shape index (κ3) is 3.86. The Morgan fingerprint density at radius 1 is 1.14 bits per heavy atom. The van der Waals surface area contributed by atoms with Crippen LogP contribution in [0.3, 0.4) is 0 Å². The molecule has 1 N–H and O–H groups in total. The normalized spacial score (nSPS) is 13.5. The molecule has 0 aliphatic carbocycles. The first-order valence-corrected chi connectivity index (χ1v) is 8.95. The highest BCUT2D eigenvalue weighted by molar-refractivity contribution is 5.99. The predicted molar refractivity (Wildman–Crippen MR) is 105 cm³/mol. The van der Waals surface area contributed by atoms with Gasteiger partial charge in [-0.1, -0.05) is 35.9 Å². The van der Waals surface area contributed by atoms with Gasteiger partial charge < -0.3 is 14.6 Å². The summed E-state index contributed by atoms with van der Waals surface area (Å²) in [6.45, 7) is 2.61. The maximum Gasteiger partial charge on any atom is 0.279 e. The van der Waals surface area contributed by atoms with Crippen LogP contribution in [0.2, 0.25) is 0 Å². The summed E-state index contributed by atoms with van der Waals surface area (Å²) in [6.07, 6.45) is 1.90. The molecular formula is C22H19N3O3. The first-order valence-electron chi connectivity index (χ1n) is 8.95. The number of hydrogen-bond donors (Lipinski definition) is 1. The Labute approximate surface area is 162 Å². The van der Waals surface area contributed by atoms with Gasteiger partial charge in [0.1, 0.15) is 11.2 Å². The van der Waals surface area contributed by atoms with Gasteiger partial charge in [-0.2, -0.15) is 4.99 Å². The van der Waals surface area contributed by atoms with Gasteiger partial charge >= 0.3 is 0 Å². The molecule has 3 aromatic rings. The average molecular weight is 373 g/mol. The Morgan fingerprint density at radius 2 is 1.96 bits per heavy atom. The van der Waals surface area contributed by atoms with Crippen molar-refractivity contribution in [3.05, 3.63) is 89.0 Å². The monoisotopic (exact) mass is 373 g/mol. The van der Waals surface area contributed by atoms with Crippen molar-refractivity contribution in [2.75, 3.05) is 11.9 Å². The lowest BCUT2D eigenvalue weighted by atomic mass is 10.1. The summed E-state index contributed by atoms with van der Waals surface area (Å²) in [6, 6.07) is 18.7. The van der Waals surface area contributed by atoms with E-state index < -0.39 is 0 Å². The van der Waals surface area contributed by atoms with Crippen molar-refractivity contribution in [3.8, 4) is 5.75 Å². The smallest absolute Gasteiger partial charge is 0.279 e. The van der Waals surface area contributed by atoms with E-state index >= 15 is 0 Å². The molecule has 1 aliphatic rings.